The first-order valence-corrected chi connectivity index (χ1v) is 11.7. The molecule has 0 saturated carbocycles. The van der Waals surface area contributed by atoms with E-state index >= 15 is 0 Å². The van der Waals surface area contributed by atoms with Gasteiger partial charge < -0.3 is 15.0 Å². The van der Waals surface area contributed by atoms with Gasteiger partial charge in [-0.05, 0) is 60.7 Å². The van der Waals surface area contributed by atoms with Crippen LogP contribution in [0.1, 0.15) is 34.7 Å². The summed E-state index contributed by atoms with van der Waals surface area (Å²) >= 11 is 0. The SMILES string of the molecule is CCNC(=O)C(Cc1ccccc1)N(Cc1cccc(OC)c1)C(=O)Cc1ccc(C)c(C)c1. The fraction of sp³-hybridized carbons (Fsp3) is 0.310. The molecule has 3 rings (SSSR count). The van der Waals surface area contributed by atoms with E-state index in [0.717, 1.165) is 28.0 Å². The number of carbonyl (C=O) groups is 2. The summed E-state index contributed by atoms with van der Waals surface area (Å²) in [5.74, 6) is 0.484. The number of benzene rings is 3. The average molecular weight is 459 g/mol. The third-order valence-electron chi connectivity index (χ3n) is 6.04. The van der Waals surface area contributed by atoms with Crippen molar-refractivity contribution in [1.82, 2.24) is 10.2 Å². The Balaban J connectivity index is 1.97. The van der Waals surface area contributed by atoms with Crippen LogP contribution in [0.2, 0.25) is 0 Å². The van der Waals surface area contributed by atoms with Crippen LogP contribution in [0, 0.1) is 13.8 Å². The highest BCUT2D eigenvalue weighted by atomic mass is 16.5. The summed E-state index contributed by atoms with van der Waals surface area (Å²) in [6.45, 7) is 6.81. The van der Waals surface area contributed by atoms with Gasteiger partial charge in [0.15, 0.2) is 0 Å². The number of carbonyl (C=O) groups excluding carboxylic acids is 2. The number of hydrogen-bond donors (Lipinski definition) is 1. The molecule has 1 N–H and O–H groups in total. The molecule has 3 aromatic carbocycles. The number of likely N-dealkylation sites (N-methyl/N-ethyl adjacent to an activating group) is 1. The van der Waals surface area contributed by atoms with Gasteiger partial charge in [0.05, 0.1) is 13.5 Å². The first kappa shape index (κ1) is 25.0. The van der Waals surface area contributed by atoms with Crippen molar-refractivity contribution < 1.29 is 14.3 Å². The molecule has 34 heavy (non-hydrogen) atoms. The highest BCUT2D eigenvalue weighted by Crippen LogP contribution is 2.20. The minimum atomic E-state index is -0.632. The molecule has 0 radical (unpaired) electrons. The van der Waals surface area contributed by atoms with E-state index < -0.39 is 6.04 Å². The molecule has 5 nitrogen and oxygen atoms in total. The Morgan fingerprint density at radius 1 is 0.882 bits per heavy atom. The lowest BCUT2D eigenvalue weighted by Crippen LogP contribution is -2.50. The van der Waals surface area contributed by atoms with Gasteiger partial charge in [0.25, 0.3) is 0 Å². The lowest BCUT2D eigenvalue weighted by Gasteiger charge is -2.31. The van der Waals surface area contributed by atoms with Gasteiger partial charge in [0, 0.05) is 19.5 Å². The first-order valence-electron chi connectivity index (χ1n) is 11.7. The van der Waals surface area contributed by atoms with Gasteiger partial charge in [0.2, 0.25) is 11.8 Å². The molecule has 1 unspecified atom stereocenters. The fourth-order valence-corrected chi connectivity index (χ4v) is 4.00. The van der Waals surface area contributed by atoms with Crippen LogP contribution in [0.5, 0.6) is 5.75 Å². The van der Waals surface area contributed by atoms with Crippen molar-refractivity contribution in [2.45, 2.75) is 46.2 Å². The van der Waals surface area contributed by atoms with Crippen molar-refractivity contribution in [3.8, 4) is 5.75 Å². The van der Waals surface area contributed by atoms with Gasteiger partial charge in [-0.15, -0.1) is 0 Å². The summed E-state index contributed by atoms with van der Waals surface area (Å²) in [4.78, 5) is 28.7. The van der Waals surface area contributed by atoms with Gasteiger partial charge in [-0.25, -0.2) is 0 Å². The normalized spacial score (nSPS) is 11.5. The highest BCUT2D eigenvalue weighted by Gasteiger charge is 2.30. The molecule has 1 atom stereocenters. The number of aryl methyl sites for hydroxylation is 2. The van der Waals surface area contributed by atoms with Crippen molar-refractivity contribution in [3.05, 3.63) is 101 Å². The molecular weight excluding hydrogens is 424 g/mol. The van der Waals surface area contributed by atoms with Gasteiger partial charge in [0.1, 0.15) is 11.8 Å². The maximum absolute atomic E-state index is 13.7. The van der Waals surface area contributed by atoms with Crippen LogP contribution in [0.15, 0.2) is 72.8 Å². The van der Waals surface area contributed by atoms with E-state index in [1.54, 1.807) is 12.0 Å². The smallest absolute Gasteiger partial charge is 0.243 e. The van der Waals surface area contributed by atoms with Gasteiger partial charge in [-0.1, -0.05) is 60.7 Å². The average Bonchev–Trinajstić information content (AvgIpc) is 2.84. The topological polar surface area (TPSA) is 58.6 Å². The van der Waals surface area contributed by atoms with E-state index in [1.807, 2.05) is 80.6 Å². The number of ether oxygens (including phenoxy) is 1. The monoisotopic (exact) mass is 458 g/mol. The molecule has 0 aromatic heterocycles. The van der Waals surface area contributed by atoms with E-state index in [-0.39, 0.29) is 18.2 Å². The van der Waals surface area contributed by atoms with Crippen LogP contribution in [0.3, 0.4) is 0 Å². The molecule has 0 aliphatic rings. The molecule has 178 valence electrons. The largest absolute Gasteiger partial charge is 0.497 e. The Kier molecular flexibility index (Phi) is 8.86. The van der Waals surface area contributed by atoms with Gasteiger partial charge in [-0.2, -0.15) is 0 Å². The summed E-state index contributed by atoms with van der Waals surface area (Å²) in [7, 11) is 1.62. The van der Waals surface area contributed by atoms with Crippen LogP contribution < -0.4 is 10.1 Å². The lowest BCUT2D eigenvalue weighted by molar-refractivity contribution is -0.140. The number of hydrogen-bond acceptors (Lipinski definition) is 3. The summed E-state index contributed by atoms with van der Waals surface area (Å²) in [5, 5.41) is 2.93. The summed E-state index contributed by atoms with van der Waals surface area (Å²) < 4.78 is 5.38. The molecular formula is C29H34N2O3. The van der Waals surface area contributed by atoms with Crippen LogP contribution in [-0.4, -0.2) is 36.4 Å². The molecule has 2 amide bonds. The molecule has 0 heterocycles. The van der Waals surface area contributed by atoms with E-state index in [4.69, 9.17) is 4.74 Å². The molecule has 3 aromatic rings. The van der Waals surface area contributed by atoms with E-state index in [0.29, 0.717) is 19.5 Å². The Hall–Kier alpha value is -3.60. The van der Waals surface area contributed by atoms with E-state index in [2.05, 4.69) is 18.3 Å². The molecule has 0 aliphatic heterocycles. The first-order chi connectivity index (χ1) is 16.4. The van der Waals surface area contributed by atoms with E-state index in [1.165, 1.54) is 5.56 Å². The van der Waals surface area contributed by atoms with Crippen LogP contribution in [0.4, 0.5) is 0 Å². The van der Waals surface area contributed by atoms with E-state index in [9.17, 15) is 9.59 Å². The maximum atomic E-state index is 13.7. The summed E-state index contributed by atoms with van der Waals surface area (Å²) in [6, 6.07) is 22.9. The summed E-state index contributed by atoms with van der Waals surface area (Å²) in [6.07, 6.45) is 0.672. The zero-order chi connectivity index (χ0) is 24.5. The second-order valence-corrected chi connectivity index (χ2v) is 8.57. The van der Waals surface area contributed by atoms with Crippen molar-refractivity contribution in [2.75, 3.05) is 13.7 Å². The second kappa shape index (κ2) is 12.0. The second-order valence-electron chi connectivity index (χ2n) is 8.57. The van der Waals surface area contributed by atoms with Gasteiger partial charge in [-0.3, -0.25) is 9.59 Å². The molecule has 0 aliphatic carbocycles. The Bertz CT molecular complexity index is 1110. The van der Waals surface area contributed by atoms with Crippen LogP contribution >= 0.6 is 0 Å². The van der Waals surface area contributed by atoms with Crippen LogP contribution in [0.25, 0.3) is 0 Å². The molecule has 0 bridgehead atoms. The zero-order valence-electron chi connectivity index (χ0n) is 20.5. The number of nitrogens with zero attached hydrogens (tertiary/aromatic N) is 1. The number of rotatable bonds is 10. The standard InChI is InChI=1S/C29H34N2O3/c1-5-30-29(33)27(18-23-10-7-6-8-11-23)31(20-25-12-9-13-26(17-25)34-4)28(32)19-24-15-14-21(2)22(3)16-24/h6-17,27H,5,18-20H2,1-4H3,(H,30,33). The number of methoxy groups -OCH3 is 1. The highest BCUT2D eigenvalue weighted by molar-refractivity contribution is 5.88. The molecule has 5 heteroatoms. The third-order valence-corrected chi connectivity index (χ3v) is 6.04. The Morgan fingerprint density at radius 2 is 1.62 bits per heavy atom. The van der Waals surface area contributed by atoms with Gasteiger partial charge >= 0.3 is 0 Å². The number of amides is 2. The summed E-state index contributed by atoms with van der Waals surface area (Å²) in [5.41, 5.74) is 5.20. The minimum Gasteiger partial charge on any atom is -0.497 e. The lowest BCUT2D eigenvalue weighted by atomic mass is 10.00. The van der Waals surface area contributed by atoms with Crippen molar-refractivity contribution in [2.24, 2.45) is 0 Å². The zero-order valence-corrected chi connectivity index (χ0v) is 20.5. The van der Waals surface area contributed by atoms with Crippen molar-refractivity contribution >= 4 is 11.8 Å². The third kappa shape index (κ3) is 6.70. The van der Waals surface area contributed by atoms with Crippen molar-refractivity contribution in [3.63, 3.8) is 0 Å². The minimum absolute atomic E-state index is 0.0849. The Morgan fingerprint density at radius 3 is 2.29 bits per heavy atom. The maximum Gasteiger partial charge on any atom is 0.243 e. The number of nitrogens with one attached hydrogen (secondary N) is 1. The quantitative estimate of drug-likeness (QED) is 0.482. The van der Waals surface area contributed by atoms with Crippen molar-refractivity contribution in [1.29, 1.82) is 0 Å². The fourth-order valence-electron chi connectivity index (χ4n) is 4.00. The molecule has 0 saturated heterocycles. The van der Waals surface area contributed by atoms with Crippen LogP contribution in [-0.2, 0) is 29.0 Å². The predicted octanol–water partition coefficient (Wildman–Crippen LogP) is 4.63. The molecule has 0 fully saturated rings. The Labute approximate surface area is 202 Å². The predicted molar refractivity (Wildman–Crippen MR) is 136 cm³/mol. The molecule has 0 spiro atoms.